The lowest BCUT2D eigenvalue weighted by Gasteiger charge is -2.19. The van der Waals surface area contributed by atoms with E-state index in [2.05, 4.69) is 20.3 Å². The van der Waals surface area contributed by atoms with Crippen molar-refractivity contribution in [2.45, 2.75) is 25.8 Å². The van der Waals surface area contributed by atoms with Crippen molar-refractivity contribution in [3.05, 3.63) is 36.4 Å². The number of carbonyl (C=O) groups excluding carboxylic acids is 1. The monoisotopic (exact) mass is 338 g/mol. The third-order valence-electron chi connectivity index (χ3n) is 4.36. The van der Waals surface area contributed by atoms with Gasteiger partial charge in [-0.05, 0) is 43.5 Å². The number of nitrogens with one attached hydrogen (secondary N) is 1. The van der Waals surface area contributed by atoms with E-state index in [-0.39, 0.29) is 5.91 Å². The molecule has 2 aromatic heterocycles. The number of amides is 1. The predicted octanol–water partition coefficient (Wildman–Crippen LogP) is 1.93. The topological polar surface area (TPSA) is 108 Å². The Balaban J connectivity index is 1.57. The van der Waals surface area contributed by atoms with Gasteiger partial charge in [-0.25, -0.2) is 15.0 Å². The van der Waals surface area contributed by atoms with Crippen molar-refractivity contribution in [2.75, 3.05) is 17.7 Å². The molecule has 128 valence electrons. The molecule has 0 radical (unpaired) electrons. The van der Waals surface area contributed by atoms with E-state index in [0.717, 1.165) is 36.4 Å². The summed E-state index contributed by atoms with van der Waals surface area (Å²) in [5.74, 6) is 1.03. The molecular weight excluding hydrogens is 320 g/mol. The van der Waals surface area contributed by atoms with Crippen molar-refractivity contribution in [1.29, 1.82) is 0 Å². The summed E-state index contributed by atoms with van der Waals surface area (Å²) >= 11 is 0. The van der Waals surface area contributed by atoms with Crippen LogP contribution < -0.4 is 15.8 Å². The molecule has 1 aliphatic heterocycles. The van der Waals surface area contributed by atoms with E-state index in [0.29, 0.717) is 17.0 Å². The number of rotatable bonds is 3. The minimum absolute atomic E-state index is 0.159. The van der Waals surface area contributed by atoms with Crippen LogP contribution in [0.4, 0.5) is 11.5 Å². The molecule has 8 nitrogen and oxygen atoms in total. The quantitative estimate of drug-likeness (QED) is 0.755. The van der Waals surface area contributed by atoms with Crippen molar-refractivity contribution in [1.82, 2.24) is 19.5 Å². The van der Waals surface area contributed by atoms with Gasteiger partial charge in [-0.2, -0.15) is 0 Å². The Morgan fingerprint density at radius 2 is 2.24 bits per heavy atom. The maximum Gasteiger partial charge on any atom is 0.247 e. The smallest absolute Gasteiger partial charge is 0.247 e. The molecule has 1 aliphatic rings. The van der Waals surface area contributed by atoms with Gasteiger partial charge in [-0.15, -0.1) is 0 Å². The Hall–Kier alpha value is -3.16. The van der Waals surface area contributed by atoms with Crippen LogP contribution in [0.5, 0.6) is 5.75 Å². The number of nitrogen functional groups attached to an aromatic ring is 1. The van der Waals surface area contributed by atoms with Crippen LogP contribution in [0.15, 0.2) is 30.9 Å². The van der Waals surface area contributed by atoms with E-state index < -0.39 is 6.04 Å². The second-order valence-corrected chi connectivity index (χ2v) is 6.02. The van der Waals surface area contributed by atoms with Crippen LogP contribution in [0.25, 0.3) is 11.2 Å². The van der Waals surface area contributed by atoms with Gasteiger partial charge in [0, 0.05) is 5.69 Å². The Kier molecular flexibility index (Phi) is 3.72. The van der Waals surface area contributed by atoms with Crippen molar-refractivity contribution in [2.24, 2.45) is 0 Å². The number of fused-ring (bicyclic) bond motifs is 2. The molecule has 8 heteroatoms. The fourth-order valence-electron chi connectivity index (χ4n) is 2.96. The first kappa shape index (κ1) is 15.4. The summed E-state index contributed by atoms with van der Waals surface area (Å²) in [6, 6.07) is 5.22. The highest BCUT2D eigenvalue weighted by molar-refractivity contribution is 5.95. The summed E-state index contributed by atoms with van der Waals surface area (Å²) in [4.78, 5) is 24.9. The van der Waals surface area contributed by atoms with E-state index in [1.54, 1.807) is 17.8 Å². The lowest BCUT2D eigenvalue weighted by atomic mass is 10.1. The van der Waals surface area contributed by atoms with Crippen LogP contribution in [0, 0.1) is 0 Å². The summed E-state index contributed by atoms with van der Waals surface area (Å²) in [5.41, 5.74) is 8.69. The number of nitrogens with two attached hydrogens (primary N) is 1. The Morgan fingerprint density at radius 3 is 3.12 bits per heavy atom. The van der Waals surface area contributed by atoms with E-state index in [1.165, 1.54) is 6.33 Å². The Morgan fingerprint density at radius 1 is 1.36 bits per heavy atom. The van der Waals surface area contributed by atoms with E-state index >= 15 is 0 Å². The number of ether oxygens (including phenoxy) is 1. The zero-order chi connectivity index (χ0) is 17.4. The minimum atomic E-state index is -0.494. The molecule has 3 N–H and O–H groups in total. The summed E-state index contributed by atoms with van der Waals surface area (Å²) in [6.45, 7) is 2.53. The van der Waals surface area contributed by atoms with Crippen LogP contribution in [-0.4, -0.2) is 32.0 Å². The summed E-state index contributed by atoms with van der Waals surface area (Å²) < 4.78 is 7.28. The normalized spacial score (nSPS) is 14.6. The van der Waals surface area contributed by atoms with Gasteiger partial charge in [0.05, 0.1) is 12.9 Å². The first-order valence-electron chi connectivity index (χ1n) is 8.13. The molecule has 0 spiro atoms. The molecule has 3 aromatic rings. The fraction of sp³-hybridized carbons (Fsp3) is 0.294. The molecule has 1 unspecified atom stereocenters. The maximum atomic E-state index is 12.6. The molecule has 25 heavy (non-hydrogen) atoms. The van der Waals surface area contributed by atoms with Gasteiger partial charge in [-0.3, -0.25) is 4.79 Å². The van der Waals surface area contributed by atoms with E-state index in [1.807, 2.05) is 18.2 Å². The van der Waals surface area contributed by atoms with Crippen LogP contribution in [-0.2, 0) is 11.2 Å². The molecule has 0 fully saturated rings. The zero-order valence-electron chi connectivity index (χ0n) is 13.8. The Labute approximate surface area is 144 Å². The largest absolute Gasteiger partial charge is 0.493 e. The lowest BCUT2D eigenvalue weighted by molar-refractivity contribution is -0.118. The molecule has 3 heterocycles. The summed E-state index contributed by atoms with van der Waals surface area (Å²) in [7, 11) is 0. The molecule has 0 saturated heterocycles. The molecule has 0 bridgehead atoms. The van der Waals surface area contributed by atoms with E-state index in [9.17, 15) is 4.79 Å². The molecule has 1 atom stereocenters. The minimum Gasteiger partial charge on any atom is -0.493 e. The zero-order valence-corrected chi connectivity index (χ0v) is 13.8. The number of aryl methyl sites for hydroxylation is 1. The van der Waals surface area contributed by atoms with Crippen LogP contribution in [0.1, 0.15) is 24.9 Å². The number of carbonyl (C=O) groups is 1. The van der Waals surface area contributed by atoms with Crippen LogP contribution in [0.3, 0.4) is 0 Å². The molecule has 0 aliphatic carbocycles. The fourth-order valence-corrected chi connectivity index (χ4v) is 2.96. The van der Waals surface area contributed by atoms with Gasteiger partial charge in [0.25, 0.3) is 0 Å². The Bertz CT molecular complexity index is 951. The molecule has 0 saturated carbocycles. The molecular formula is C17H18N6O2. The number of anilines is 2. The number of nitrogens with zero attached hydrogens (tertiary/aromatic N) is 4. The second kappa shape index (κ2) is 6.04. The number of hydrogen-bond donors (Lipinski definition) is 2. The average molecular weight is 338 g/mol. The molecule has 1 aromatic carbocycles. The first-order valence-corrected chi connectivity index (χ1v) is 8.13. The highest BCUT2D eigenvalue weighted by Gasteiger charge is 2.20. The molecule has 1 amide bonds. The van der Waals surface area contributed by atoms with Crippen molar-refractivity contribution >= 4 is 28.6 Å². The van der Waals surface area contributed by atoms with Crippen molar-refractivity contribution in [3.8, 4) is 5.75 Å². The standard InChI is InChI=1S/C17H18N6O2/c1-10(23-9-21-14-15(18)19-8-20-16(14)23)17(24)22-12-4-5-13-11(7-12)3-2-6-25-13/h4-5,7-10H,2-3,6H2,1H3,(H,22,24)(H2,18,19,20). The van der Waals surface area contributed by atoms with Gasteiger partial charge in [0.15, 0.2) is 11.5 Å². The van der Waals surface area contributed by atoms with Crippen molar-refractivity contribution < 1.29 is 9.53 Å². The van der Waals surface area contributed by atoms with Gasteiger partial charge in [0.2, 0.25) is 5.91 Å². The highest BCUT2D eigenvalue weighted by atomic mass is 16.5. The average Bonchev–Trinajstić information content (AvgIpc) is 3.06. The highest BCUT2D eigenvalue weighted by Crippen LogP contribution is 2.28. The van der Waals surface area contributed by atoms with E-state index in [4.69, 9.17) is 10.5 Å². The molecule has 4 rings (SSSR count). The van der Waals surface area contributed by atoms with Gasteiger partial charge in [-0.1, -0.05) is 0 Å². The van der Waals surface area contributed by atoms with Gasteiger partial charge >= 0.3 is 0 Å². The van der Waals surface area contributed by atoms with Gasteiger partial charge < -0.3 is 20.4 Å². The van der Waals surface area contributed by atoms with Crippen LogP contribution in [0.2, 0.25) is 0 Å². The first-order chi connectivity index (χ1) is 12.1. The number of benzene rings is 1. The second-order valence-electron chi connectivity index (χ2n) is 6.02. The van der Waals surface area contributed by atoms with Gasteiger partial charge in [0.1, 0.15) is 23.6 Å². The third-order valence-corrected chi connectivity index (χ3v) is 4.36. The predicted molar refractivity (Wildman–Crippen MR) is 93.3 cm³/mol. The third kappa shape index (κ3) is 2.75. The van der Waals surface area contributed by atoms with Crippen molar-refractivity contribution in [3.63, 3.8) is 0 Å². The number of aromatic nitrogens is 4. The maximum absolute atomic E-state index is 12.6. The summed E-state index contributed by atoms with van der Waals surface area (Å²) in [6.07, 6.45) is 4.87. The lowest BCUT2D eigenvalue weighted by Crippen LogP contribution is -2.23. The SMILES string of the molecule is CC(C(=O)Nc1ccc2c(c1)CCCO2)n1cnc2c(N)ncnc21. The number of imidazole rings is 1. The van der Waals surface area contributed by atoms with Crippen LogP contribution >= 0.6 is 0 Å². The summed E-state index contributed by atoms with van der Waals surface area (Å²) in [5, 5.41) is 2.94. The number of hydrogen-bond acceptors (Lipinski definition) is 6.